The average Bonchev–Trinajstić information content (AvgIpc) is 2.50. The molecule has 1 fully saturated rings. The first kappa shape index (κ1) is 10.1. The Bertz CT molecular complexity index is 217. The Morgan fingerprint density at radius 3 is 2.46 bits per heavy atom. The van der Waals surface area contributed by atoms with Gasteiger partial charge in [-0.2, -0.15) is 0 Å². The van der Waals surface area contributed by atoms with Crippen LogP contribution >= 0.6 is 0 Å². The molecule has 0 saturated heterocycles. The maximum absolute atomic E-state index is 11.4. The van der Waals surface area contributed by atoms with Crippen molar-refractivity contribution in [1.82, 2.24) is 5.32 Å². The Hall–Kier alpha value is -0.990. The molecular weight excluding hydrogens is 166 g/mol. The molecule has 0 radical (unpaired) electrons. The molecule has 0 aliphatic heterocycles. The molecule has 0 spiro atoms. The van der Waals surface area contributed by atoms with Crippen LogP contribution in [0.25, 0.3) is 0 Å². The molecule has 74 valence electrons. The van der Waals surface area contributed by atoms with Crippen molar-refractivity contribution < 1.29 is 9.53 Å². The van der Waals surface area contributed by atoms with Gasteiger partial charge in [0.15, 0.2) is 0 Å². The van der Waals surface area contributed by atoms with Gasteiger partial charge in [0, 0.05) is 7.05 Å². The first-order chi connectivity index (χ1) is 6.07. The number of rotatable bonds is 3. The molecule has 0 atom stereocenters. The van der Waals surface area contributed by atoms with Gasteiger partial charge in [-0.15, -0.1) is 0 Å². The monoisotopic (exact) mass is 183 g/mol. The van der Waals surface area contributed by atoms with Crippen LogP contribution in [0.3, 0.4) is 0 Å². The summed E-state index contributed by atoms with van der Waals surface area (Å²) in [6, 6.07) is 0. The van der Waals surface area contributed by atoms with Gasteiger partial charge in [-0.1, -0.05) is 6.58 Å². The predicted molar refractivity (Wildman–Crippen MR) is 51.2 cm³/mol. The molecule has 1 aliphatic carbocycles. The van der Waals surface area contributed by atoms with Crippen LogP contribution in [-0.4, -0.2) is 18.6 Å². The van der Waals surface area contributed by atoms with Gasteiger partial charge < -0.3 is 10.1 Å². The lowest BCUT2D eigenvalue weighted by molar-refractivity contribution is -0.152. The molecule has 0 amide bonds. The van der Waals surface area contributed by atoms with E-state index in [1.807, 2.05) is 6.92 Å². The van der Waals surface area contributed by atoms with Crippen LogP contribution in [0.5, 0.6) is 0 Å². The number of ether oxygens (including phenoxy) is 1. The molecule has 0 aromatic heterocycles. The van der Waals surface area contributed by atoms with Gasteiger partial charge in [0.25, 0.3) is 0 Å². The van der Waals surface area contributed by atoms with Gasteiger partial charge in [-0.05, 0) is 32.6 Å². The summed E-state index contributed by atoms with van der Waals surface area (Å²) in [6.07, 6.45) is 4.23. The Morgan fingerprint density at radius 1 is 1.46 bits per heavy atom. The highest BCUT2D eigenvalue weighted by Crippen LogP contribution is 2.32. The van der Waals surface area contributed by atoms with Crippen molar-refractivity contribution in [2.75, 3.05) is 7.05 Å². The largest absolute Gasteiger partial charge is 0.455 e. The normalized spacial score (nSPS) is 19.5. The smallest absolute Gasteiger partial charge is 0.354 e. The summed E-state index contributed by atoms with van der Waals surface area (Å²) < 4.78 is 5.35. The van der Waals surface area contributed by atoms with E-state index < -0.39 is 0 Å². The molecule has 1 aliphatic rings. The third-order valence-electron chi connectivity index (χ3n) is 2.55. The molecule has 0 aromatic carbocycles. The maximum atomic E-state index is 11.4. The number of hydrogen-bond donors (Lipinski definition) is 1. The van der Waals surface area contributed by atoms with Crippen molar-refractivity contribution in [3.05, 3.63) is 12.3 Å². The Labute approximate surface area is 79.2 Å². The van der Waals surface area contributed by atoms with Crippen LogP contribution in [0.2, 0.25) is 0 Å². The van der Waals surface area contributed by atoms with Crippen LogP contribution in [0, 0.1) is 0 Å². The van der Waals surface area contributed by atoms with E-state index in [2.05, 4.69) is 11.9 Å². The van der Waals surface area contributed by atoms with Crippen LogP contribution in [-0.2, 0) is 9.53 Å². The first-order valence-corrected chi connectivity index (χ1v) is 4.67. The maximum Gasteiger partial charge on any atom is 0.354 e. The Kier molecular flexibility index (Phi) is 2.96. The fourth-order valence-corrected chi connectivity index (χ4v) is 1.61. The summed E-state index contributed by atoms with van der Waals surface area (Å²) >= 11 is 0. The van der Waals surface area contributed by atoms with E-state index in [9.17, 15) is 4.79 Å². The minimum atomic E-state index is -0.327. The standard InChI is InChI=1S/C10H17NO2/c1-8(11-3)9(12)13-10(2)6-4-5-7-10/h11H,1,4-7H2,2-3H3. The van der Waals surface area contributed by atoms with E-state index in [0.717, 1.165) is 25.7 Å². The van der Waals surface area contributed by atoms with Crippen molar-refractivity contribution in [2.45, 2.75) is 38.2 Å². The van der Waals surface area contributed by atoms with Gasteiger partial charge in [0.1, 0.15) is 11.3 Å². The van der Waals surface area contributed by atoms with Crippen molar-refractivity contribution in [2.24, 2.45) is 0 Å². The van der Waals surface area contributed by atoms with E-state index in [1.165, 1.54) is 0 Å². The van der Waals surface area contributed by atoms with Crippen molar-refractivity contribution in [1.29, 1.82) is 0 Å². The van der Waals surface area contributed by atoms with Crippen LogP contribution in [0.15, 0.2) is 12.3 Å². The lowest BCUT2D eigenvalue weighted by Crippen LogP contribution is -2.31. The molecule has 3 nitrogen and oxygen atoms in total. The summed E-state index contributed by atoms with van der Waals surface area (Å²) in [5.74, 6) is -0.327. The van der Waals surface area contributed by atoms with E-state index in [4.69, 9.17) is 4.74 Å². The van der Waals surface area contributed by atoms with Crippen LogP contribution in [0.1, 0.15) is 32.6 Å². The molecule has 0 heterocycles. The fraction of sp³-hybridized carbons (Fsp3) is 0.700. The summed E-state index contributed by atoms with van der Waals surface area (Å²) in [6.45, 7) is 5.55. The second kappa shape index (κ2) is 3.81. The second-order valence-corrected chi connectivity index (χ2v) is 3.78. The number of nitrogens with one attached hydrogen (secondary N) is 1. The quantitative estimate of drug-likeness (QED) is 0.533. The summed E-state index contributed by atoms with van der Waals surface area (Å²) in [4.78, 5) is 11.4. The molecule has 3 heteroatoms. The average molecular weight is 183 g/mol. The number of likely N-dealkylation sites (N-methyl/N-ethyl adjacent to an activating group) is 1. The molecular formula is C10H17NO2. The summed E-state index contributed by atoms with van der Waals surface area (Å²) in [5.41, 5.74) is 0.0739. The number of hydrogen-bond acceptors (Lipinski definition) is 3. The van der Waals surface area contributed by atoms with Crippen molar-refractivity contribution in [3.63, 3.8) is 0 Å². The van der Waals surface area contributed by atoms with E-state index >= 15 is 0 Å². The Balaban J connectivity index is 2.47. The zero-order valence-electron chi connectivity index (χ0n) is 8.35. The first-order valence-electron chi connectivity index (χ1n) is 4.67. The zero-order valence-corrected chi connectivity index (χ0v) is 8.35. The Morgan fingerprint density at radius 2 is 2.00 bits per heavy atom. The lowest BCUT2D eigenvalue weighted by Gasteiger charge is -2.24. The molecule has 0 unspecified atom stereocenters. The third-order valence-corrected chi connectivity index (χ3v) is 2.55. The lowest BCUT2D eigenvalue weighted by atomic mass is 10.1. The molecule has 0 bridgehead atoms. The van der Waals surface area contributed by atoms with Gasteiger partial charge in [0.2, 0.25) is 0 Å². The SMILES string of the molecule is C=C(NC)C(=O)OC1(C)CCCC1. The number of esters is 1. The number of carbonyl (C=O) groups excluding carboxylic acids is 1. The fourth-order valence-electron chi connectivity index (χ4n) is 1.61. The van der Waals surface area contributed by atoms with Crippen molar-refractivity contribution in [3.8, 4) is 0 Å². The van der Waals surface area contributed by atoms with Gasteiger partial charge in [-0.25, -0.2) is 4.79 Å². The van der Waals surface area contributed by atoms with E-state index in [-0.39, 0.29) is 11.6 Å². The molecule has 1 N–H and O–H groups in total. The van der Waals surface area contributed by atoms with Crippen LogP contribution < -0.4 is 5.32 Å². The summed E-state index contributed by atoms with van der Waals surface area (Å²) in [5, 5.41) is 2.69. The topological polar surface area (TPSA) is 38.3 Å². The molecule has 0 aromatic rings. The predicted octanol–water partition coefficient (Wildman–Crippen LogP) is 1.60. The highest BCUT2D eigenvalue weighted by Gasteiger charge is 2.32. The molecule has 1 rings (SSSR count). The molecule has 1 saturated carbocycles. The minimum absolute atomic E-state index is 0.253. The highest BCUT2D eigenvalue weighted by molar-refractivity contribution is 5.87. The molecule has 13 heavy (non-hydrogen) atoms. The van der Waals surface area contributed by atoms with E-state index in [0.29, 0.717) is 5.70 Å². The van der Waals surface area contributed by atoms with Crippen LogP contribution in [0.4, 0.5) is 0 Å². The van der Waals surface area contributed by atoms with Gasteiger partial charge in [0.05, 0.1) is 0 Å². The highest BCUT2D eigenvalue weighted by atomic mass is 16.6. The minimum Gasteiger partial charge on any atom is -0.455 e. The zero-order chi connectivity index (χ0) is 9.90. The van der Waals surface area contributed by atoms with Gasteiger partial charge >= 0.3 is 5.97 Å². The number of carbonyl (C=O) groups is 1. The van der Waals surface area contributed by atoms with Crippen molar-refractivity contribution >= 4 is 5.97 Å². The van der Waals surface area contributed by atoms with E-state index in [1.54, 1.807) is 7.05 Å². The second-order valence-electron chi connectivity index (χ2n) is 3.78. The third kappa shape index (κ3) is 2.47. The van der Waals surface area contributed by atoms with Gasteiger partial charge in [-0.3, -0.25) is 0 Å². The summed E-state index contributed by atoms with van der Waals surface area (Å²) in [7, 11) is 1.67.